The Morgan fingerprint density at radius 2 is 1.88 bits per heavy atom. The molecule has 0 aliphatic carbocycles. The van der Waals surface area contributed by atoms with E-state index in [2.05, 4.69) is 31.3 Å². The zero-order valence-electron chi connectivity index (χ0n) is 13.0. The van der Waals surface area contributed by atoms with Gasteiger partial charge in [0.2, 0.25) is 5.82 Å². The molecule has 0 radical (unpaired) electrons. The fourth-order valence-electron chi connectivity index (χ4n) is 2.26. The van der Waals surface area contributed by atoms with Gasteiger partial charge in [0.1, 0.15) is 11.6 Å². The Labute approximate surface area is 146 Å². The van der Waals surface area contributed by atoms with Crippen LogP contribution in [0.5, 0.6) is 0 Å². The maximum absolute atomic E-state index is 13.0. The number of rotatable bonds is 3. The second-order valence-electron chi connectivity index (χ2n) is 5.28. The molecule has 24 heavy (non-hydrogen) atoms. The topological polar surface area (TPSA) is 59.8 Å². The van der Waals surface area contributed by atoms with Crippen LogP contribution in [0.2, 0.25) is 0 Å². The van der Waals surface area contributed by atoms with E-state index in [1.165, 1.54) is 16.8 Å². The summed E-state index contributed by atoms with van der Waals surface area (Å²) in [5.41, 5.74) is 2.26. The molecule has 3 aromatic rings. The maximum Gasteiger partial charge on any atom is 0.295 e. The van der Waals surface area contributed by atoms with Crippen LogP contribution in [0.4, 0.5) is 10.1 Å². The maximum atomic E-state index is 13.0. The monoisotopic (exact) mass is 388 g/mol. The van der Waals surface area contributed by atoms with E-state index in [0.29, 0.717) is 17.2 Å². The van der Waals surface area contributed by atoms with Gasteiger partial charge in [-0.05, 0) is 61.9 Å². The van der Waals surface area contributed by atoms with Crippen molar-refractivity contribution in [2.75, 3.05) is 5.32 Å². The zero-order valence-corrected chi connectivity index (χ0v) is 14.6. The number of carbonyl (C=O) groups is 1. The lowest BCUT2D eigenvalue weighted by Gasteiger charge is -2.06. The molecule has 0 saturated heterocycles. The summed E-state index contributed by atoms with van der Waals surface area (Å²) in [5.74, 6) is -0.136. The van der Waals surface area contributed by atoms with Crippen LogP contribution >= 0.6 is 15.9 Å². The molecule has 3 rings (SSSR count). The molecule has 0 unspecified atom stereocenters. The zero-order chi connectivity index (χ0) is 17.3. The van der Waals surface area contributed by atoms with Crippen LogP contribution in [0.15, 0.2) is 46.9 Å². The van der Waals surface area contributed by atoms with E-state index in [-0.39, 0.29) is 11.6 Å². The summed E-state index contributed by atoms with van der Waals surface area (Å²) in [6.07, 6.45) is 0. The van der Waals surface area contributed by atoms with Gasteiger partial charge in [-0.15, -0.1) is 5.10 Å². The summed E-state index contributed by atoms with van der Waals surface area (Å²) in [7, 11) is 0. The molecule has 0 bridgehead atoms. The van der Waals surface area contributed by atoms with Gasteiger partial charge in [-0.2, -0.15) is 0 Å². The van der Waals surface area contributed by atoms with Gasteiger partial charge in [0.15, 0.2) is 0 Å². The lowest BCUT2D eigenvalue weighted by molar-refractivity contribution is 0.101. The van der Waals surface area contributed by atoms with Crippen LogP contribution < -0.4 is 5.32 Å². The summed E-state index contributed by atoms with van der Waals surface area (Å²) in [5, 5.41) is 7.01. The molecular formula is C17H14BrFN4O. The van der Waals surface area contributed by atoms with Crippen LogP contribution in [0.1, 0.15) is 22.0 Å². The lowest BCUT2D eigenvalue weighted by atomic mass is 10.2. The quantitative estimate of drug-likeness (QED) is 0.736. The number of nitrogens with one attached hydrogen (secondary N) is 1. The molecule has 1 N–H and O–H groups in total. The largest absolute Gasteiger partial charge is 0.319 e. The summed E-state index contributed by atoms with van der Waals surface area (Å²) in [4.78, 5) is 16.6. The Bertz CT molecular complexity index is 905. The number of hydrogen-bond donors (Lipinski definition) is 1. The molecule has 0 fully saturated rings. The molecule has 0 atom stereocenters. The minimum absolute atomic E-state index is 0.0548. The van der Waals surface area contributed by atoms with Crippen LogP contribution in [0.3, 0.4) is 0 Å². The third-order valence-corrected chi connectivity index (χ3v) is 3.97. The van der Waals surface area contributed by atoms with Crippen LogP contribution in [-0.4, -0.2) is 20.7 Å². The number of anilines is 1. The van der Waals surface area contributed by atoms with E-state index in [9.17, 15) is 9.18 Å². The smallest absolute Gasteiger partial charge is 0.295 e. The van der Waals surface area contributed by atoms with Crippen molar-refractivity contribution in [3.63, 3.8) is 0 Å². The highest BCUT2D eigenvalue weighted by atomic mass is 79.9. The van der Waals surface area contributed by atoms with Crippen molar-refractivity contribution in [1.82, 2.24) is 14.8 Å². The molecule has 0 saturated carbocycles. The third kappa shape index (κ3) is 3.35. The number of nitrogens with zero attached hydrogens (tertiary/aromatic N) is 3. The standard InChI is InChI=1S/C17H14BrFN4O/c1-10-9-12(18)3-8-15(10)21-17(24)16-20-11(2)23(22-16)14-6-4-13(19)5-7-14/h3-9H,1-2H3,(H,21,24). The SMILES string of the molecule is Cc1cc(Br)ccc1NC(=O)c1nc(C)n(-c2ccc(F)cc2)n1. The molecule has 1 heterocycles. The first kappa shape index (κ1) is 16.3. The highest BCUT2D eigenvalue weighted by Crippen LogP contribution is 2.20. The minimum atomic E-state index is -0.399. The molecule has 0 aliphatic heterocycles. The van der Waals surface area contributed by atoms with Crippen molar-refractivity contribution in [2.45, 2.75) is 13.8 Å². The molecule has 7 heteroatoms. The average Bonchev–Trinajstić information content (AvgIpc) is 2.93. The highest BCUT2D eigenvalue weighted by molar-refractivity contribution is 9.10. The molecule has 122 valence electrons. The average molecular weight is 389 g/mol. The molecule has 5 nitrogen and oxygen atoms in total. The van der Waals surface area contributed by atoms with E-state index in [4.69, 9.17) is 0 Å². The van der Waals surface area contributed by atoms with E-state index in [1.54, 1.807) is 25.1 Å². The van der Waals surface area contributed by atoms with Gasteiger partial charge in [-0.25, -0.2) is 14.1 Å². The van der Waals surface area contributed by atoms with Gasteiger partial charge in [0, 0.05) is 10.2 Å². The second kappa shape index (κ2) is 6.52. The number of benzene rings is 2. The predicted octanol–water partition coefficient (Wildman–Crippen LogP) is 4.04. The first-order valence-corrected chi connectivity index (χ1v) is 8.00. The number of halogens is 2. The Morgan fingerprint density at radius 1 is 1.17 bits per heavy atom. The second-order valence-corrected chi connectivity index (χ2v) is 6.20. The van der Waals surface area contributed by atoms with Gasteiger partial charge in [0.25, 0.3) is 5.91 Å². The molecule has 1 aromatic heterocycles. The predicted molar refractivity (Wildman–Crippen MR) is 92.9 cm³/mol. The van der Waals surface area contributed by atoms with E-state index < -0.39 is 5.91 Å². The number of aromatic nitrogens is 3. The molecule has 0 aliphatic rings. The van der Waals surface area contributed by atoms with Crippen molar-refractivity contribution in [1.29, 1.82) is 0 Å². The first-order chi connectivity index (χ1) is 11.4. The van der Waals surface area contributed by atoms with E-state index in [1.807, 2.05) is 19.1 Å². The molecule has 0 spiro atoms. The molecule has 1 amide bonds. The summed E-state index contributed by atoms with van der Waals surface area (Å²) in [6.45, 7) is 3.63. The minimum Gasteiger partial charge on any atom is -0.319 e. The number of hydrogen-bond acceptors (Lipinski definition) is 3. The van der Waals surface area contributed by atoms with Crippen LogP contribution in [-0.2, 0) is 0 Å². The van der Waals surface area contributed by atoms with Gasteiger partial charge in [-0.1, -0.05) is 15.9 Å². The van der Waals surface area contributed by atoms with Crippen molar-refractivity contribution in [3.05, 3.63) is 70.0 Å². The molecule has 2 aromatic carbocycles. The van der Waals surface area contributed by atoms with Crippen molar-refractivity contribution in [3.8, 4) is 5.69 Å². The Kier molecular flexibility index (Phi) is 4.44. The first-order valence-electron chi connectivity index (χ1n) is 7.21. The molecular weight excluding hydrogens is 375 g/mol. The van der Waals surface area contributed by atoms with E-state index >= 15 is 0 Å². The van der Waals surface area contributed by atoms with Crippen LogP contribution in [0, 0.1) is 19.7 Å². The Balaban J connectivity index is 1.86. The van der Waals surface area contributed by atoms with Gasteiger partial charge in [-0.3, -0.25) is 4.79 Å². The number of amides is 1. The van der Waals surface area contributed by atoms with Crippen molar-refractivity contribution in [2.24, 2.45) is 0 Å². The summed E-state index contributed by atoms with van der Waals surface area (Å²) < 4.78 is 15.5. The van der Waals surface area contributed by atoms with Crippen molar-refractivity contribution >= 4 is 27.5 Å². The van der Waals surface area contributed by atoms with Gasteiger partial charge in [0.05, 0.1) is 5.69 Å². The summed E-state index contributed by atoms with van der Waals surface area (Å²) in [6, 6.07) is 11.4. The van der Waals surface area contributed by atoms with Gasteiger partial charge < -0.3 is 5.32 Å². The van der Waals surface area contributed by atoms with Gasteiger partial charge >= 0.3 is 0 Å². The normalized spacial score (nSPS) is 10.7. The van der Waals surface area contributed by atoms with Crippen LogP contribution in [0.25, 0.3) is 5.69 Å². The summed E-state index contributed by atoms with van der Waals surface area (Å²) >= 11 is 3.38. The van der Waals surface area contributed by atoms with Crippen molar-refractivity contribution < 1.29 is 9.18 Å². The fourth-order valence-corrected chi connectivity index (χ4v) is 2.73. The Morgan fingerprint density at radius 3 is 2.54 bits per heavy atom. The third-order valence-electron chi connectivity index (χ3n) is 3.48. The highest BCUT2D eigenvalue weighted by Gasteiger charge is 2.16. The lowest BCUT2D eigenvalue weighted by Crippen LogP contribution is -2.15. The number of carbonyl (C=O) groups excluding carboxylic acids is 1. The van der Waals surface area contributed by atoms with E-state index in [0.717, 1.165) is 10.0 Å². The fraction of sp³-hybridized carbons (Fsp3) is 0.118. The Hall–Kier alpha value is -2.54. The number of aryl methyl sites for hydroxylation is 2.